The lowest BCUT2D eigenvalue weighted by atomic mass is 10.1. The van der Waals surface area contributed by atoms with E-state index in [4.69, 9.17) is 0 Å². The van der Waals surface area contributed by atoms with Crippen LogP contribution in [0.5, 0.6) is 0 Å². The number of carbonyl (C=O) groups excluding carboxylic acids is 2. The van der Waals surface area contributed by atoms with Gasteiger partial charge in [-0.25, -0.2) is 8.78 Å². The fourth-order valence-corrected chi connectivity index (χ4v) is 3.47. The monoisotopic (exact) mass is 456 g/mol. The molecular weight excluding hydrogens is 441 g/mol. The molecule has 1 saturated heterocycles. The number of carbonyl (C=O) groups is 2. The van der Waals surface area contributed by atoms with E-state index < -0.39 is 17.6 Å². The second kappa shape index (κ2) is 7.07. The maximum atomic E-state index is 13.9. The van der Waals surface area contributed by atoms with Gasteiger partial charge in [-0.3, -0.25) is 9.59 Å². The number of benzene rings is 2. The molecule has 0 radical (unpaired) electrons. The van der Waals surface area contributed by atoms with Gasteiger partial charge in [-0.2, -0.15) is 0 Å². The highest BCUT2D eigenvalue weighted by Crippen LogP contribution is 2.29. The first-order valence-electron chi connectivity index (χ1n) is 7.67. The summed E-state index contributed by atoms with van der Waals surface area (Å²) in [7, 11) is 0. The number of halogens is 3. The van der Waals surface area contributed by atoms with Crippen molar-refractivity contribution in [1.29, 1.82) is 0 Å². The largest absolute Gasteiger partial charge is 0.326 e. The van der Waals surface area contributed by atoms with E-state index in [-0.39, 0.29) is 30.5 Å². The summed E-state index contributed by atoms with van der Waals surface area (Å²) < 4.78 is 28.0. The number of nitrogens with zero attached hydrogens (tertiary/aromatic N) is 1. The molecule has 25 heavy (non-hydrogen) atoms. The Morgan fingerprint density at radius 3 is 2.68 bits per heavy atom. The average Bonchev–Trinajstić information content (AvgIpc) is 2.92. The van der Waals surface area contributed by atoms with Crippen molar-refractivity contribution in [2.24, 2.45) is 5.92 Å². The molecule has 7 heteroatoms. The molecule has 0 aliphatic carbocycles. The standard InChI is InChI=1S/C18H15F2IN2O2/c1-10-6-13(21)3-4-15(10)22-18(25)11-7-17(24)23(9-11)16-5-2-12(19)8-14(16)20/h2-6,8,11H,7,9H2,1H3,(H,22,25). The molecule has 0 bridgehead atoms. The van der Waals surface area contributed by atoms with E-state index in [9.17, 15) is 18.4 Å². The second-order valence-corrected chi connectivity index (χ2v) is 7.20. The van der Waals surface area contributed by atoms with Crippen LogP contribution in [0.2, 0.25) is 0 Å². The third-order valence-electron chi connectivity index (χ3n) is 4.14. The number of hydrogen-bond donors (Lipinski definition) is 1. The SMILES string of the molecule is Cc1cc(I)ccc1NC(=O)C1CC(=O)N(c2ccc(F)cc2F)C1. The minimum absolute atomic E-state index is 0.00727. The van der Waals surface area contributed by atoms with Gasteiger partial charge in [0.05, 0.1) is 11.6 Å². The number of amides is 2. The predicted molar refractivity (Wildman–Crippen MR) is 99.3 cm³/mol. The predicted octanol–water partition coefficient (Wildman–Crippen LogP) is 3.87. The number of anilines is 2. The van der Waals surface area contributed by atoms with E-state index in [0.29, 0.717) is 5.69 Å². The van der Waals surface area contributed by atoms with Gasteiger partial charge >= 0.3 is 0 Å². The van der Waals surface area contributed by atoms with Gasteiger partial charge in [-0.05, 0) is 65.4 Å². The number of rotatable bonds is 3. The molecule has 0 spiro atoms. The van der Waals surface area contributed by atoms with E-state index in [2.05, 4.69) is 27.9 Å². The van der Waals surface area contributed by atoms with Crippen LogP contribution in [0, 0.1) is 28.0 Å². The molecule has 1 fully saturated rings. The van der Waals surface area contributed by atoms with E-state index >= 15 is 0 Å². The summed E-state index contributed by atoms with van der Waals surface area (Å²) in [6.07, 6.45) is -0.00787. The molecule has 0 aromatic heterocycles. The molecule has 1 atom stereocenters. The Labute approximate surface area is 157 Å². The van der Waals surface area contributed by atoms with Gasteiger partial charge in [-0.1, -0.05) is 0 Å². The van der Waals surface area contributed by atoms with Crippen molar-refractivity contribution in [3.63, 3.8) is 0 Å². The Balaban J connectivity index is 1.74. The number of hydrogen-bond acceptors (Lipinski definition) is 2. The molecule has 3 rings (SSSR count). The van der Waals surface area contributed by atoms with Crippen LogP contribution in [0.15, 0.2) is 36.4 Å². The van der Waals surface area contributed by atoms with Gasteiger partial charge in [0.25, 0.3) is 0 Å². The van der Waals surface area contributed by atoms with Crippen molar-refractivity contribution in [3.05, 3.63) is 57.2 Å². The second-order valence-electron chi connectivity index (χ2n) is 5.95. The van der Waals surface area contributed by atoms with Crippen molar-refractivity contribution in [2.75, 3.05) is 16.8 Å². The van der Waals surface area contributed by atoms with Gasteiger partial charge < -0.3 is 10.2 Å². The normalized spacial score (nSPS) is 17.0. The highest BCUT2D eigenvalue weighted by Gasteiger charge is 2.36. The first-order chi connectivity index (χ1) is 11.8. The fraction of sp³-hybridized carbons (Fsp3) is 0.222. The molecule has 4 nitrogen and oxygen atoms in total. The van der Waals surface area contributed by atoms with Crippen molar-refractivity contribution in [2.45, 2.75) is 13.3 Å². The Hall–Kier alpha value is -2.03. The van der Waals surface area contributed by atoms with Crippen LogP contribution in [0.25, 0.3) is 0 Å². The molecule has 1 N–H and O–H groups in total. The van der Waals surface area contributed by atoms with Crippen LogP contribution in [0.3, 0.4) is 0 Å². The van der Waals surface area contributed by atoms with Crippen molar-refractivity contribution in [3.8, 4) is 0 Å². The zero-order valence-corrected chi connectivity index (χ0v) is 15.5. The third kappa shape index (κ3) is 3.81. The van der Waals surface area contributed by atoms with E-state index in [1.807, 2.05) is 25.1 Å². The Morgan fingerprint density at radius 2 is 2.00 bits per heavy atom. The summed E-state index contributed by atoms with van der Waals surface area (Å²) in [6.45, 7) is 1.95. The minimum atomic E-state index is -0.817. The summed E-state index contributed by atoms with van der Waals surface area (Å²) >= 11 is 2.18. The van der Waals surface area contributed by atoms with E-state index in [1.165, 1.54) is 11.0 Å². The minimum Gasteiger partial charge on any atom is -0.326 e. The topological polar surface area (TPSA) is 49.4 Å². The van der Waals surface area contributed by atoms with Crippen LogP contribution < -0.4 is 10.2 Å². The third-order valence-corrected chi connectivity index (χ3v) is 4.81. The highest BCUT2D eigenvalue weighted by atomic mass is 127. The molecule has 2 amide bonds. The summed E-state index contributed by atoms with van der Waals surface area (Å²) in [6, 6.07) is 8.66. The molecule has 1 aliphatic rings. The molecule has 1 aliphatic heterocycles. The molecule has 1 unspecified atom stereocenters. The molecular formula is C18H15F2IN2O2. The Morgan fingerprint density at radius 1 is 1.24 bits per heavy atom. The maximum absolute atomic E-state index is 13.9. The Kier molecular flexibility index (Phi) is 5.03. The summed E-state index contributed by atoms with van der Waals surface area (Å²) in [4.78, 5) is 25.8. The van der Waals surface area contributed by atoms with Gasteiger partial charge in [0.2, 0.25) is 11.8 Å². The lowest BCUT2D eigenvalue weighted by Crippen LogP contribution is -2.28. The molecule has 0 saturated carbocycles. The first-order valence-corrected chi connectivity index (χ1v) is 8.75. The summed E-state index contributed by atoms with van der Waals surface area (Å²) in [5, 5.41) is 2.82. The fourth-order valence-electron chi connectivity index (χ4n) is 2.82. The molecule has 2 aromatic rings. The smallest absolute Gasteiger partial charge is 0.229 e. The van der Waals surface area contributed by atoms with Crippen LogP contribution in [-0.2, 0) is 9.59 Å². The lowest BCUT2D eigenvalue weighted by molar-refractivity contribution is -0.122. The lowest BCUT2D eigenvalue weighted by Gasteiger charge is -2.17. The van der Waals surface area contributed by atoms with Crippen molar-refractivity contribution in [1.82, 2.24) is 0 Å². The maximum Gasteiger partial charge on any atom is 0.229 e. The average molecular weight is 456 g/mol. The zero-order valence-electron chi connectivity index (χ0n) is 13.4. The molecule has 130 valence electrons. The van der Waals surface area contributed by atoms with Crippen LogP contribution in [-0.4, -0.2) is 18.4 Å². The van der Waals surface area contributed by atoms with Crippen LogP contribution >= 0.6 is 22.6 Å². The quantitative estimate of drug-likeness (QED) is 0.714. The summed E-state index contributed by atoms with van der Waals surface area (Å²) in [5.41, 5.74) is 1.60. The number of nitrogens with one attached hydrogen (secondary N) is 1. The van der Waals surface area contributed by atoms with Crippen molar-refractivity contribution < 1.29 is 18.4 Å². The van der Waals surface area contributed by atoms with Gasteiger partial charge in [-0.15, -0.1) is 0 Å². The Bertz CT molecular complexity index is 857. The molecule has 2 aromatic carbocycles. The van der Waals surface area contributed by atoms with Crippen LogP contribution in [0.1, 0.15) is 12.0 Å². The zero-order chi connectivity index (χ0) is 18.1. The molecule has 1 heterocycles. The highest BCUT2D eigenvalue weighted by molar-refractivity contribution is 14.1. The van der Waals surface area contributed by atoms with Gasteiger partial charge in [0.1, 0.15) is 11.6 Å². The summed E-state index contributed by atoms with van der Waals surface area (Å²) in [5.74, 6) is -2.76. The van der Waals surface area contributed by atoms with Gasteiger partial charge in [0, 0.05) is 28.3 Å². The van der Waals surface area contributed by atoms with E-state index in [0.717, 1.165) is 21.3 Å². The first kappa shape index (κ1) is 17.8. The number of aryl methyl sites for hydroxylation is 1. The van der Waals surface area contributed by atoms with E-state index in [1.54, 1.807) is 0 Å². The van der Waals surface area contributed by atoms with Crippen LogP contribution in [0.4, 0.5) is 20.2 Å². The van der Waals surface area contributed by atoms with Gasteiger partial charge in [0.15, 0.2) is 0 Å². The van der Waals surface area contributed by atoms with Crippen molar-refractivity contribution >= 4 is 45.8 Å².